The Kier molecular flexibility index (Phi) is 5.82. The molecule has 0 aliphatic carbocycles. The van der Waals surface area contributed by atoms with Crippen molar-refractivity contribution in [3.05, 3.63) is 35.9 Å². The van der Waals surface area contributed by atoms with Gasteiger partial charge in [-0.25, -0.2) is 8.42 Å². The van der Waals surface area contributed by atoms with E-state index in [1.807, 2.05) is 37.3 Å². The smallest absolute Gasteiger partial charge is 0.158 e. The fourth-order valence-electron chi connectivity index (χ4n) is 1.79. The van der Waals surface area contributed by atoms with Crippen molar-refractivity contribution >= 4 is 9.84 Å². The molecule has 3 nitrogen and oxygen atoms in total. The fourth-order valence-corrected chi connectivity index (χ4v) is 3.43. The summed E-state index contributed by atoms with van der Waals surface area (Å²) in [4.78, 5) is 0. The van der Waals surface area contributed by atoms with Crippen LogP contribution >= 0.6 is 0 Å². The van der Waals surface area contributed by atoms with Gasteiger partial charge >= 0.3 is 0 Å². The van der Waals surface area contributed by atoms with Gasteiger partial charge in [0.1, 0.15) is 0 Å². The van der Waals surface area contributed by atoms with Crippen LogP contribution in [-0.4, -0.2) is 26.3 Å². The maximum atomic E-state index is 12.3. The molecule has 0 spiro atoms. The number of hydrogen-bond acceptors (Lipinski definition) is 3. The van der Waals surface area contributed by atoms with Gasteiger partial charge in [0.05, 0.1) is 11.0 Å². The molecule has 1 aromatic carbocycles. The zero-order chi connectivity index (χ0) is 13.6. The first-order valence-corrected chi connectivity index (χ1v) is 8.17. The van der Waals surface area contributed by atoms with Crippen LogP contribution in [0, 0.1) is 0 Å². The van der Waals surface area contributed by atoms with E-state index < -0.39 is 9.84 Å². The molecule has 0 heterocycles. The lowest BCUT2D eigenvalue weighted by Crippen LogP contribution is -2.41. The first kappa shape index (κ1) is 15.2. The zero-order valence-electron chi connectivity index (χ0n) is 11.4. The molecule has 0 saturated heterocycles. The predicted octanol–water partition coefficient (Wildman–Crippen LogP) is 2.38. The maximum Gasteiger partial charge on any atom is 0.158 e. The molecule has 1 aromatic rings. The zero-order valence-corrected chi connectivity index (χ0v) is 12.2. The molecule has 0 fully saturated rings. The second kappa shape index (κ2) is 6.90. The molecular formula is C14H23NO2S. The number of hydrogen-bond donors (Lipinski definition) is 1. The molecule has 2 unspecified atom stereocenters. The minimum absolute atomic E-state index is 0.0151. The topological polar surface area (TPSA) is 46.2 Å². The second-order valence-corrected chi connectivity index (χ2v) is 7.10. The van der Waals surface area contributed by atoms with E-state index in [0.29, 0.717) is 0 Å². The van der Waals surface area contributed by atoms with Gasteiger partial charge in [-0.3, -0.25) is 0 Å². The normalized spacial score (nSPS) is 15.3. The van der Waals surface area contributed by atoms with Crippen LogP contribution in [0.25, 0.3) is 0 Å². The molecule has 4 heteroatoms. The van der Waals surface area contributed by atoms with Crippen LogP contribution in [0.15, 0.2) is 30.3 Å². The highest BCUT2D eigenvalue weighted by molar-refractivity contribution is 7.91. The van der Waals surface area contributed by atoms with E-state index in [2.05, 4.69) is 12.2 Å². The molecule has 18 heavy (non-hydrogen) atoms. The summed E-state index contributed by atoms with van der Waals surface area (Å²) in [5, 5.41) is 2.87. The van der Waals surface area contributed by atoms with Gasteiger partial charge in [-0.1, -0.05) is 37.3 Å². The summed E-state index contributed by atoms with van der Waals surface area (Å²) in [7, 11) is -3.11. The Morgan fingerprint density at radius 1 is 1.17 bits per heavy atom. The molecule has 0 amide bonds. The van der Waals surface area contributed by atoms with E-state index in [9.17, 15) is 8.42 Å². The van der Waals surface area contributed by atoms with Crippen molar-refractivity contribution in [2.75, 3.05) is 6.54 Å². The standard InChI is InChI=1S/C14H23NO2S/c1-4-10-15-12(2)13(3)18(16,17)11-14-8-6-5-7-9-14/h5-9,12-13,15H,4,10-11H2,1-3H3. The number of benzene rings is 1. The van der Waals surface area contributed by atoms with Crippen molar-refractivity contribution < 1.29 is 8.42 Å². The van der Waals surface area contributed by atoms with Gasteiger partial charge in [0, 0.05) is 6.04 Å². The molecule has 0 saturated carbocycles. The third-order valence-electron chi connectivity index (χ3n) is 3.20. The van der Waals surface area contributed by atoms with Crippen molar-refractivity contribution in [2.45, 2.75) is 44.2 Å². The molecule has 0 aliphatic rings. The summed E-state index contributed by atoms with van der Waals surface area (Å²) in [6.45, 7) is 6.64. The lowest BCUT2D eigenvalue weighted by atomic mass is 10.2. The maximum absolute atomic E-state index is 12.3. The molecule has 1 N–H and O–H groups in total. The summed E-state index contributed by atoms with van der Waals surface area (Å²) >= 11 is 0. The summed E-state index contributed by atoms with van der Waals surface area (Å²) < 4.78 is 24.5. The van der Waals surface area contributed by atoms with Gasteiger partial charge in [0.15, 0.2) is 9.84 Å². The molecule has 0 aliphatic heterocycles. The lowest BCUT2D eigenvalue weighted by molar-refractivity contribution is 0.509. The average Bonchev–Trinajstić information content (AvgIpc) is 2.35. The highest BCUT2D eigenvalue weighted by Crippen LogP contribution is 2.13. The summed E-state index contributed by atoms with van der Waals surface area (Å²) in [5.74, 6) is 0.118. The average molecular weight is 269 g/mol. The molecular weight excluding hydrogens is 246 g/mol. The van der Waals surface area contributed by atoms with Gasteiger partial charge in [0.25, 0.3) is 0 Å². The van der Waals surface area contributed by atoms with Crippen LogP contribution in [0.1, 0.15) is 32.8 Å². The SMILES string of the molecule is CCCNC(C)C(C)S(=O)(=O)Cc1ccccc1. The number of rotatable bonds is 7. The van der Waals surface area contributed by atoms with Crippen LogP contribution in [0.3, 0.4) is 0 Å². The molecule has 1 rings (SSSR count). The van der Waals surface area contributed by atoms with Crippen LogP contribution < -0.4 is 5.32 Å². The molecule has 0 radical (unpaired) electrons. The van der Waals surface area contributed by atoms with E-state index in [4.69, 9.17) is 0 Å². The van der Waals surface area contributed by atoms with E-state index in [1.54, 1.807) is 6.92 Å². The second-order valence-electron chi connectivity index (χ2n) is 4.74. The number of nitrogens with one attached hydrogen (secondary N) is 1. The minimum atomic E-state index is -3.11. The van der Waals surface area contributed by atoms with Crippen molar-refractivity contribution in [2.24, 2.45) is 0 Å². The summed E-state index contributed by atoms with van der Waals surface area (Å²) in [5.41, 5.74) is 0.854. The van der Waals surface area contributed by atoms with Crippen molar-refractivity contribution in [1.82, 2.24) is 5.32 Å². The highest BCUT2D eigenvalue weighted by Gasteiger charge is 2.26. The summed E-state index contributed by atoms with van der Waals surface area (Å²) in [6, 6.07) is 9.33. The van der Waals surface area contributed by atoms with Gasteiger partial charge in [-0.15, -0.1) is 0 Å². The van der Waals surface area contributed by atoms with E-state index in [-0.39, 0.29) is 17.0 Å². The third kappa shape index (κ3) is 4.42. The van der Waals surface area contributed by atoms with Crippen LogP contribution in [0.4, 0.5) is 0 Å². The van der Waals surface area contributed by atoms with Crippen LogP contribution in [0.5, 0.6) is 0 Å². The minimum Gasteiger partial charge on any atom is -0.313 e. The van der Waals surface area contributed by atoms with Crippen molar-refractivity contribution in [1.29, 1.82) is 0 Å². The highest BCUT2D eigenvalue weighted by atomic mass is 32.2. The largest absolute Gasteiger partial charge is 0.313 e. The molecule has 102 valence electrons. The monoisotopic (exact) mass is 269 g/mol. The third-order valence-corrected chi connectivity index (χ3v) is 5.47. The predicted molar refractivity (Wildman–Crippen MR) is 76.3 cm³/mol. The quantitative estimate of drug-likeness (QED) is 0.826. The Morgan fingerprint density at radius 3 is 2.33 bits per heavy atom. The van der Waals surface area contributed by atoms with Gasteiger partial charge < -0.3 is 5.32 Å². The number of sulfone groups is 1. The molecule has 0 bridgehead atoms. The van der Waals surface area contributed by atoms with Crippen LogP contribution in [-0.2, 0) is 15.6 Å². The van der Waals surface area contributed by atoms with Gasteiger partial charge in [-0.05, 0) is 32.4 Å². The van der Waals surface area contributed by atoms with E-state index in [1.165, 1.54) is 0 Å². The Balaban J connectivity index is 2.68. The fraction of sp³-hybridized carbons (Fsp3) is 0.571. The first-order chi connectivity index (χ1) is 8.47. The summed E-state index contributed by atoms with van der Waals surface area (Å²) in [6.07, 6.45) is 1.01. The lowest BCUT2D eigenvalue weighted by Gasteiger charge is -2.21. The van der Waals surface area contributed by atoms with Crippen molar-refractivity contribution in [3.8, 4) is 0 Å². The van der Waals surface area contributed by atoms with Gasteiger partial charge in [-0.2, -0.15) is 0 Å². The van der Waals surface area contributed by atoms with Crippen molar-refractivity contribution in [3.63, 3.8) is 0 Å². The Bertz CT molecular complexity index is 442. The van der Waals surface area contributed by atoms with E-state index in [0.717, 1.165) is 18.5 Å². The Hall–Kier alpha value is -0.870. The Morgan fingerprint density at radius 2 is 1.78 bits per heavy atom. The van der Waals surface area contributed by atoms with Crippen LogP contribution in [0.2, 0.25) is 0 Å². The molecule has 0 aromatic heterocycles. The van der Waals surface area contributed by atoms with Gasteiger partial charge in [0.2, 0.25) is 0 Å². The van der Waals surface area contributed by atoms with E-state index >= 15 is 0 Å². The molecule has 2 atom stereocenters. The Labute approximate surface area is 111 Å². The first-order valence-electron chi connectivity index (χ1n) is 6.46.